The Morgan fingerprint density at radius 3 is 2.32 bits per heavy atom. The van der Waals surface area contributed by atoms with Crippen molar-refractivity contribution in [1.82, 2.24) is 9.21 Å². The predicted octanol–water partition coefficient (Wildman–Crippen LogP) is 3.66. The van der Waals surface area contributed by atoms with Gasteiger partial charge < -0.3 is 15.1 Å². The zero-order valence-electron chi connectivity index (χ0n) is 19.8. The van der Waals surface area contributed by atoms with Gasteiger partial charge in [-0.3, -0.25) is 4.79 Å². The summed E-state index contributed by atoms with van der Waals surface area (Å²) in [6.45, 7) is 7.78. The Balaban J connectivity index is 1.60. The maximum atomic E-state index is 13.3. The molecule has 2 aromatic carbocycles. The first kappa shape index (κ1) is 24.4. The highest BCUT2D eigenvalue weighted by Gasteiger charge is 2.28. The first-order chi connectivity index (χ1) is 16.5. The second-order valence-corrected chi connectivity index (χ2v) is 10.7. The van der Waals surface area contributed by atoms with E-state index in [2.05, 4.69) is 22.0 Å². The lowest BCUT2D eigenvalue weighted by Gasteiger charge is -2.36. The summed E-state index contributed by atoms with van der Waals surface area (Å²) in [4.78, 5) is 17.6. The third kappa shape index (κ3) is 5.87. The fraction of sp³-hybridized carbons (Fsp3) is 0.423. The molecular formula is C26H34N4O3S. The van der Waals surface area contributed by atoms with Gasteiger partial charge in [-0.2, -0.15) is 4.31 Å². The van der Waals surface area contributed by atoms with Crippen LogP contribution in [0.3, 0.4) is 0 Å². The summed E-state index contributed by atoms with van der Waals surface area (Å²) < 4.78 is 28.1. The highest BCUT2D eigenvalue weighted by Crippen LogP contribution is 2.32. The van der Waals surface area contributed by atoms with Crippen molar-refractivity contribution in [1.29, 1.82) is 0 Å². The van der Waals surface area contributed by atoms with E-state index in [0.717, 1.165) is 63.2 Å². The van der Waals surface area contributed by atoms with Crippen molar-refractivity contribution in [2.75, 3.05) is 56.0 Å². The first-order valence-corrected chi connectivity index (χ1v) is 13.6. The number of nitrogens with zero attached hydrogens (tertiary/aromatic N) is 3. The largest absolute Gasteiger partial charge is 0.367 e. The van der Waals surface area contributed by atoms with Gasteiger partial charge in [-0.15, -0.1) is 0 Å². The molecule has 0 saturated carbocycles. The number of benzene rings is 2. The Labute approximate surface area is 203 Å². The second-order valence-electron chi connectivity index (χ2n) is 8.80. The van der Waals surface area contributed by atoms with Crippen LogP contribution in [-0.2, 0) is 14.8 Å². The molecule has 2 aromatic rings. The number of anilines is 2. The van der Waals surface area contributed by atoms with E-state index in [9.17, 15) is 13.2 Å². The maximum Gasteiger partial charge on any atom is 0.248 e. The number of piperazine rings is 1. The van der Waals surface area contributed by atoms with E-state index in [0.29, 0.717) is 18.8 Å². The Bertz CT molecular complexity index is 1100. The highest BCUT2D eigenvalue weighted by atomic mass is 32.2. The van der Waals surface area contributed by atoms with Crippen LogP contribution in [-0.4, -0.2) is 69.3 Å². The van der Waals surface area contributed by atoms with Crippen molar-refractivity contribution in [3.05, 3.63) is 60.2 Å². The molecule has 2 saturated heterocycles. The number of hydrogen-bond donors (Lipinski definition) is 1. The van der Waals surface area contributed by atoms with Gasteiger partial charge in [-0.1, -0.05) is 43.7 Å². The van der Waals surface area contributed by atoms with Crippen molar-refractivity contribution >= 4 is 33.4 Å². The van der Waals surface area contributed by atoms with Crippen LogP contribution in [0.4, 0.5) is 11.4 Å². The minimum Gasteiger partial charge on any atom is -0.367 e. The lowest BCUT2D eigenvalue weighted by molar-refractivity contribution is -0.111. The summed E-state index contributed by atoms with van der Waals surface area (Å²) in [6.07, 6.45) is 6.06. The fourth-order valence-corrected chi connectivity index (χ4v) is 6.07. The molecule has 0 radical (unpaired) electrons. The molecule has 0 atom stereocenters. The Morgan fingerprint density at radius 2 is 1.65 bits per heavy atom. The first-order valence-electron chi connectivity index (χ1n) is 12.1. The summed E-state index contributed by atoms with van der Waals surface area (Å²) in [5.74, 6) is -0.287. The minimum atomic E-state index is -3.60. The van der Waals surface area contributed by atoms with E-state index >= 15 is 0 Å². The minimum absolute atomic E-state index is 0.229. The molecule has 1 N–H and O–H groups in total. The molecule has 0 unspecified atom stereocenters. The van der Waals surface area contributed by atoms with Crippen molar-refractivity contribution < 1.29 is 13.2 Å². The molecule has 2 fully saturated rings. The van der Waals surface area contributed by atoms with Gasteiger partial charge in [0.15, 0.2) is 0 Å². The molecule has 34 heavy (non-hydrogen) atoms. The van der Waals surface area contributed by atoms with E-state index in [-0.39, 0.29) is 10.8 Å². The van der Waals surface area contributed by atoms with Gasteiger partial charge in [0.25, 0.3) is 0 Å². The molecule has 7 nitrogen and oxygen atoms in total. The van der Waals surface area contributed by atoms with Gasteiger partial charge in [0.05, 0.1) is 16.3 Å². The number of carbonyl (C=O) groups is 1. The number of hydrogen-bond acceptors (Lipinski definition) is 5. The summed E-state index contributed by atoms with van der Waals surface area (Å²) in [6, 6.07) is 14.8. The van der Waals surface area contributed by atoms with Crippen LogP contribution < -0.4 is 10.2 Å². The smallest absolute Gasteiger partial charge is 0.248 e. The van der Waals surface area contributed by atoms with Crippen LogP contribution in [0, 0.1) is 0 Å². The van der Waals surface area contributed by atoms with Crippen molar-refractivity contribution in [2.24, 2.45) is 0 Å². The monoisotopic (exact) mass is 482 g/mol. The molecule has 0 aliphatic carbocycles. The number of likely N-dealkylation sites (N-methyl/N-ethyl adjacent to an activating group) is 1. The SMILES string of the molecule is CCN1CCN(c2ccc(S(=O)(=O)N3CCCCC3)cc2NC(=O)C=Cc2ccccc2)CC1. The molecule has 8 heteroatoms. The number of rotatable bonds is 7. The average molecular weight is 483 g/mol. The number of sulfonamides is 1. The zero-order valence-corrected chi connectivity index (χ0v) is 20.6. The van der Waals surface area contributed by atoms with Gasteiger partial charge in [-0.05, 0) is 49.2 Å². The topological polar surface area (TPSA) is 73.0 Å². The normalized spacial score (nSPS) is 18.3. The Kier molecular flexibility index (Phi) is 8.03. The van der Waals surface area contributed by atoms with Crippen LogP contribution in [0.2, 0.25) is 0 Å². The molecule has 0 spiro atoms. The summed E-state index contributed by atoms with van der Waals surface area (Å²) in [5, 5.41) is 2.95. The second kappa shape index (κ2) is 11.2. The van der Waals surface area contributed by atoms with E-state index in [1.165, 1.54) is 6.08 Å². The predicted molar refractivity (Wildman–Crippen MR) is 137 cm³/mol. The molecule has 182 valence electrons. The van der Waals surface area contributed by atoms with Crippen LogP contribution in [0.25, 0.3) is 6.08 Å². The number of carbonyl (C=O) groups excluding carboxylic acids is 1. The standard InChI is InChI=1S/C26H34N4O3S/c1-2-28-17-19-29(20-18-28)25-13-12-23(34(32,33)30-15-7-4-8-16-30)21-24(25)27-26(31)14-11-22-9-5-3-6-10-22/h3,5-6,9-14,21H,2,4,7-8,15-20H2,1H3,(H,27,31). The fourth-order valence-electron chi connectivity index (χ4n) is 4.52. The van der Waals surface area contributed by atoms with E-state index in [4.69, 9.17) is 0 Å². The molecule has 1 amide bonds. The number of piperidine rings is 1. The van der Waals surface area contributed by atoms with Gasteiger partial charge >= 0.3 is 0 Å². The van der Waals surface area contributed by atoms with E-state index in [1.54, 1.807) is 22.5 Å². The molecule has 2 aliphatic heterocycles. The lowest BCUT2D eigenvalue weighted by Crippen LogP contribution is -2.46. The van der Waals surface area contributed by atoms with Crippen molar-refractivity contribution in [3.8, 4) is 0 Å². The van der Waals surface area contributed by atoms with Gasteiger partial charge in [0.2, 0.25) is 15.9 Å². The number of nitrogens with one attached hydrogen (secondary N) is 1. The Morgan fingerprint density at radius 1 is 0.941 bits per heavy atom. The van der Waals surface area contributed by atoms with Crippen molar-refractivity contribution in [3.63, 3.8) is 0 Å². The third-order valence-corrected chi connectivity index (χ3v) is 8.46. The highest BCUT2D eigenvalue weighted by molar-refractivity contribution is 7.89. The maximum absolute atomic E-state index is 13.3. The van der Waals surface area contributed by atoms with Crippen LogP contribution in [0.1, 0.15) is 31.7 Å². The zero-order chi connectivity index (χ0) is 24.0. The van der Waals surface area contributed by atoms with Crippen LogP contribution in [0.15, 0.2) is 59.5 Å². The summed E-state index contributed by atoms with van der Waals surface area (Å²) in [5.41, 5.74) is 2.32. The molecule has 0 bridgehead atoms. The Hall–Kier alpha value is -2.68. The summed E-state index contributed by atoms with van der Waals surface area (Å²) in [7, 11) is -3.60. The van der Waals surface area contributed by atoms with Crippen LogP contribution in [0.5, 0.6) is 0 Å². The van der Waals surface area contributed by atoms with Crippen LogP contribution >= 0.6 is 0 Å². The van der Waals surface area contributed by atoms with Gasteiger partial charge in [0, 0.05) is 45.3 Å². The van der Waals surface area contributed by atoms with Crippen molar-refractivity contribution in [2.45, 2.75) is 31.1 Å². The quantitative estimate of drug-likeness (QED) is 0.610. The molecular weight excluding hydrogens is 448 g/mol. The molecule has 0 aromatic heterocycles. The van der Waals surface area contributed by atoms with E-state index < -0.39 is 10.0 Å². The number of amides is 1. The lowest BCUT2D eigenvalue weighted by atomic mass is 10.2. The molecule has 4 rings (SSSR count). The van der Waals surface area contributed by atoms with Gasteiger partial charge in [0.1, 0.15) is 0 Å². The molecule has 2 aliphatic rings. The summed E-state index contributed by atoms with van der Waals surface area (Å²) >= 11 is 0. The molecule has 2 heterocycles. The van der Waals surface area contributed by atoms with Gasteiger partial charge in [-0.25, -0.2) is 8.42 Å². The van der Waals surface area contributed by atoms with E-state index in [1.807, 2.05) is 36.4 Å². The average Bonchev–Trinajstić information content (AvgIpc) is 2.88. The third-order valence-electron chi connectivity index (χ3n) is 6.57.